The predicted octanol–water partition coefficient (Wildman–Crippen LogP) is 5.39. The van der Waals surface area contributed by atoms with Crippen molar-refractivity contribution < 1.29 is 19.5 Å². The van der Waals surface area contributed by atoms with Crippen LogP contribution in [0.4, 0.5) is 4.79 Å². The van der Waals surface area contributed by atoms with E-state index in [1.54, 1.807) is 27.7 Å². The highest BCUT2D eigenvalue weighted by Gasteiger charge is 2.42. The summed E-state index contributed by atoms with van der Waals surface area (Å²) in [5, 5.41) is 16.2. The molecule has 0 radical (unpaired) electrons. The van der Waals surface area contributed by atoms with E-state index in [9.17, 15) is 19.5 Å². The topological polar surface area (TPSA) is 98.7 Å². The van der Waals surface area contributed by atoms with E-state index in [2.05, 4.69) is 10.6 Å². The first kappa shape index (κ1) is 28.9. The fourth-order valence-corrected chi connectivity index (χ4v) is 4.39. The number of hydrogen-bond acceptors (Lipinski definition) is 3. The Kier molecular flexibility index (Phi) is 10.1. The highest BCUT2D eigenvalue weighted by molar-refractivity contribution is 5.91. The first-order chi connectivity index (χ1) is 16.8. The molecule has 0 heterocycles. The number of carboxylic acid groups (broad SMARTS) is 1. The summed E-state index contributed by atoms with van der Waals surface area (Å²) in [5.74, 6) is -1.55. The number of benzene rings is 2. The number of carbonyl (C=O) groups excluding carboxylic acids is 2. The molecule has 0 saturated heterocycles. The van der Waals surface area contributed by atoms with Gasteiger partial charge < -0.3 is 15.7 Å². The summed E-state index contributed by atoms with van der Waals surface area (Å²) in [6, 6.07) is 12.9. The number of aryl methyl sites for hydroxylation is 2. The van der Waals surface area contributed by atoms with E-state index in [4.69, 9.17) is 0 Å². The molecule has 2 aromatic rings. The Balaban J connectivity index is 2.31. The number of amides is 3. The molecule has 3 amide bonds. The first-order valence-corrected chi connectivity index (χ1v) is 12.6. The van der Waals surface area contributed by atoms with Crippen molar-refractivity contribution in [2.24, 2.45) is 11.8 Å². The van der Waals surface area contributed by atoms with Crippen molar-refractivity contribution in [1.82, 2.24) is 15.5 Å². The molecule has 0 fully saturated rings. The first-order valence-electron chi connectivity index (χ1n) is 12.6. The van der Waals surface area contributed by atoms with Crippen LogP contribution in [0.1, 0.15) is 75.9 Å². The molecule has 2 rings (SSSR count). The minimum absolute atomic E-state index is 0.317. The second-order valence-electron chi connectivity index (χ2n) is 10.3. The molecule has 3 N–H and O–H groups in total. The third kappa shape index (κ3) is 7.33. The van der Waals surface area contributed by atoms with Gasteiger partial charge in [-0.1, -0.05) is 87.4 Å². The molecule has 2 aromatic carbocycles. The summed E-state index contributed by atoms with van der Waals surface area (Å²) in [5.41, 5.74) is 4.06. The molecule has 0 bridgehead atoms. The fraction of sp³-hybridized carbons (Fsp3) is 0.483. The zero-order valence-electron chi connectivity index (χ0n) is 22.7. The Morgan fingerprint density at radius 1 is 0.639 bits per heavy atom. The lowest BCUT2D eigenvalue weighted by molar-refractivity contribution is -0.135. The minimum Gasteiger partial charge on any atom is -0.465 e. The number of rotatable bonds is 10. The van der Waals surface area contributed by atoms with Crippen LogP contribution in [0.15, 0.2) is 48.5 Å². The van der Waals surface area contributed by atoms with Crippen molar-refractivity contribution >= 4 is 17.9 Å². The molecule has 0 aliphatic heterocycles. The van der Waals surface area contributed by atoms with Crippen LogP contribution >= 0.6 is 0 Å². The van der Waals surface area contributed by atoms with Gasteiger partial charge in [-0.25, -0.2) is 4.79 Å². The van der Waals surface area contributed by atoms with Gasteiger partial charge in [-0.05, 0) is 50.7 Å². The molecule has 0 aromatic heterocycles. The lowest BCUT2D eigenvalue weighted by Crippen LogP contribution is -2.61. The Morgan fingerprint density at radius 3 is 1.19 bits per heavy atom. The Morgan fingerprint density at radius 2 is 0.944 bits per heavy atom. The van der Waals surface area contributed by atoms with Crippen LogP contribution in [-0.4, -0.2) is 40.0 Å². The van der Waals surface area contributed by atoms with E-state index in [-0.39, 0.29) is 23.9 Å². The maximum atomic E-state index is 13.5. The third-order valence-electron chi connectivity index (χ3n) is 6.49. The van der Waals surface area contributed by atoms with Crippen LogP contribution in [-0.2, 0) is 9.59 Å². The van der Waals surface area contributed by atoms with Crippen molar-refractivity contribution in [3.63, 3.8) is 0 Å². The van der Waals surface area contributed by atoms with E-state index >= 15 is 0 Å². The van der Waals surface area contributed by atoms with Crippen molar-refractivity contribution in [3.05, 3.63) is 70.8 Å². The smallest absolute Gasteiger partial charge is 0.408 e. The summed E-state index contributed by atoms with van der Waals surface area (Å²) >= 11 is 0. The maximum absolute atomic E-state index is 13.5. The average molecular weight is 496 g/mol. The quantitative estimate of drug-likeness (QED) is 0.412. The summed E-state index contributed by atoms with van der Waals surface area (Å²) < 4.78 is 0. The van der Waals surface area contributed by atoms with E-state index in [1.165, 1.54) is 0 Å². The number of hydrogen-bond donors (Lipinski definition) is 3. The van der Waals surface area contributed by atoms with Gasteiger partial charge in [-0.3, -0.25) is 14.5 Å². The van der Waals surface area contributed by atoms with Gasteiger partial charge in [0.2, 0.25) is 11.8 Å². The van der Waals surface area contributed by atoms with Gasteiger partial charge in [-0.2, -0.15) is 0 Å². The van der Waals surface area contributed by atoms with Crippen molar-refractivity contribution in [2.45, 2.75) is 79.6 Å². The monoisotopic (exact) mass is 495 g/mol. The maximum Gasteiger partial charge on any atom is 0.408 e. The molecule has 0 aliphatic carbocycles. The summed E-state index contributed by atoms with van der Waals surface area (Å²) in [6.07, 6.45) is -1.30. The SMILES string of the molecule is Cc1ccc(C(C)NC(=O)C(C(C)C)N(C(=O)O)C(C(=O)NC(C)c2ccc(C)cc2)C(C)C)cc1. The van der Waals surface area contributed by atoms with Gasteiger partial charge >= 0.3 is 6.09 Å². The van der Waals surface area contributed by atoms with Gasteiger partial charge in [0.1, 0.15) is 12.1 Å². The van der Waals surface area contributed by atoms with Crippen LogP contribution in [0.25, 0.3) is 0 Å². The standard InChI is InChI=1S/C29H41N3O4/c1-17(2)25(27(33)30-21(7)23-13-9-19(5)10-14-23)32(29(35)36)26(18(3)4)28(34)31-22(8)24-15-11-20(6)12-16-24/h9-18,21-22,25-26H,1-8H3,(H,30,33)(H,31,34)(H,35,36). The Hall–Kier alpha value is -3.35. The van der Waals surface area contributed by atoms with Crippen molar-refractivity contribution in [3.8, 4) is 0 Å². The van der Waals surface area contributed by atoms with Crippen LogP contribution in [0.2, 0.25) is 0 Å². The molecule has 36 heavy (non-hydrogen) atoms. The lowest BCUT2D eigenvalue weighted by atomic mass is 9.94. The van der Waals surface area contributed by atoms with Gasteiger partial charge in [0.15, 0.2) is 0 Å². The zero-order chi connectivity index (χ0) is 27.2. The summed E-state index contributed by atoms with van der Waals surface area (Å²) in [4.78, 5) is 40.5. The number of nitrogens with one attached hydrogen (secondary N) is 2. The lowest BCUT2D eigenvalue weighted by Gasteiger charge is -2.39. The Labute approximate surface area is 215 Å². The highest BCUT2D eigenvalue weighted by Crippen LogP contribution is 2.23. The van der Waals surface area contributed by atoms with Crippen molar-refractivity contribution in [2.75, 3.05) is 0 Å². The fourth-order valence-electron chi connectivity index (χ4n) is 4.39. The molecule has 0 spiro atoms. The molecule has 0 aliphatic rings. The molecular weight excluding hydrogens is 454 g/mol. The van der Waals surface area contributed by atoms with Crippen LogP contribution < -0.4 is 10.6 Å². The molecule has 4 unspecified atom stereocenters. The van der Waals surface area contributed by atoms with E-state index < -0.39 is 30.0 Å². The molecule has 0 saturated carbocycles. The van der Waals surface area contributed by atoms with Crippen LogP contribution in [0.3, 0.4) is 0 Å². The summed E-state index contributed by atoms with van der Waals surface area (Å²) in [6.45, 7) is 14.9. The highest BCUT2D eigenvalue weighted by atomic mass is 16.4. The van der Waals surface area contributed by atoms with Gasteiger partial charge in [0, 0.05) is 0 Å². The average Bonchev–Trinajstić information content (AvgIpc) is 2.78. The minimum atomic E-state index is -1.30. The second-order valence-corrected chi connectivity index (χ2v) is 10.3. The van der Waals surface area contributed by atoms with Crippen molar-refractivity contribution in [1.29, 1.82) is 0 Å². The second kappa shape index (κ2) is 12.6. The molecule has 196 valence electrons. The molecule has 7 nitrogen and oxygen atoms in total. The third-order valence-corrected chi connectivity index (χ3v) is 6.49. The Bertz CT molecular complexity index is 954. The van der Waals surface area contributed by atoms with Crippen LogP contribution in [0.5, 0.6) is 0 Å². The zero-order valence-corrected chi connectivity index (χ0v) is 22.7. The number of nitrogens with zero attached hydrogens (tertiary/aromatic N) is 1. The van der Waals surface area contributed by atoms with Gasteiger partial charge in [-0.15, -0.1) is 0 Å². The van der Waals surface area contributed by atoms with Crippen LogP contribution in [0, 0.1) is 25.7 Å². The molecule has 4 atom stereocenters. The molecular formula is C29H41N3O4. The van der Waals surface area contributed by atoms with E-state index in [0.717, 1.165) is 27.2 Å². The van der Waals surface area contributed by atoms with Gasteiger partial charge in [0.05, 0.1) is 12.1 Å². The van der Waals surface area contributed by atoms with E-state index in [0.29, 0.717) is 0 Å². The molecule has 7 heteroatoms. The van der Waals surface area contributed by atoms with Gasteiger partial charge in [0.25, 0.3) is 0 Å². The predicted molar refractivity (Wildman–Crippen MR) is 143 cm³/mol. The normalized spacial score (nSPS) is 14.6. The van der Waals surface area contributed by atoms with E-state index in [1.807, 2.05) is 76.2 Å². The summed E-state index contributed by atoms with van der Waals surface area (Å²) in [7, 11) is 0. The largest absolute Gasteiger partial charge is 0.465 e. The number of carbonyl (C=O) groups is 3.